The van der Waals surface area contributed by atoms with E-state index in [-0.39, 0.29) is 11.9 Å². The van der Waals surface area contributed by atoms with E-state index in [0.29, 0.717) is 25.2 Å². The second-order valence-corrected chi connectivity index (χ2v) is 5.50. The number of rotatable bonds is 3. The minimum atomic E-state index is -0.281. The van der Waals surface area contributed by atoms with Crippen LogP contribution in [0.5, 0.6) is 0 Å². The summed E-state index contributed by atoms with van der Waals surface area (Å²) in [6, 6.07) is 7.49. The molecule has 1 saturated heterocycles. The van der Waals surface area contributed by atoms with Gasteiger partial charge < -0.3 is 15.5 Å². The van der Waals surface area contributed by atoms with Crippen LogP contribution in [0.4, 0.5) is 5.69 Å². The highest BCUT2D eigenvalue weighted by Gasteiger charge is 2.29. The number of hydrogen-bond donors (Lipinski definition) is 2. The predicted molar refractivity (Wildman–Crippen MR) is 81.5 cm³/mol. The molecule has 1 unspecified atom stereocenters. The van der Waals surface area contributed by atoms with Gasteiger partial charge in [0.05, 0.1) is 11.3 Å². The molecule has 1 fully saturated rings. The van der Waals surface area contributed by atoms with E-state index in [1.165, 1.54) is 0 Å². The molecule has 2 N–H and O–H groups in total. The average Bonchev–Trinajstić information content (AvgIpc) is 2.47. The Morgan fingerprint density at radius 3 is 3.15 bits per heavy atom. The lowest BCUT2D eigenvalue weighted by Gasteiger charge is -2.37. The van der Waals surface area contributed by atoms with E-state index in [2.05, 4.69) is 32.6 Å². The highest BCUT2D eigenvalue weighted by molar-refractivity contribution is 9.10. The molecule has 106 valence electrons. The zero-order valence-electron chi connectivity index (χ0n) is 11.3. The van der Waals surface area contributed by atoms with E-state index in [0.717, 1.165) is 16.7 Å². The quantitative estimate of drug-likeness (QED) is 0.871. The van der Waals surface area contributed by atoms with Gasteiger partial charge in [0.25, 0.3) is 0 Å². The van der Waals surface area contributed by atoms with E-state index in [4.69, 9.17) is 0 Å². The zero-order chi connectivity index (χ0) is 14.5. The van der Waals surface area contributed by atoms with Crippen molar-refractivity contribution in [2.75, 3.05) is 31.1 Å². The first kappa shape index (κ1) is 14.8. The van der Waals surface area contributed by atoms with E-state index < -0.39 is 0 Å². The van der Waals surface area contributed by atoms with Crippen molar-refractivity contribution in [3.8, 4) is 6.07 Å². The minimum absolute atomic E-state index is 0.00786. The highest BCUT2D eigenvalue weighted by atomic mass is 79.9. The molecular formula is C14H17BrN4O. The van der Waals surface area contributed by atoms with Gasteiger partial charge in [0.1, 0.15) is 12.1 Å². The summed E-state index contributed by atoms with van der Waals surface area (Å²) in [7, 11) is 0. The number of nitriles is 1. The zero-order valence-corrected chi connectivity index (χ0v) is 12.9. The number of amides is 1. The van der Waals surface area contributed by atoms with Crippen molar-refractivity contribution in [3.05, 3.63) is 28.2 Å². The van der Waals surface area contributed by atoms with Crippen molar-refractivity contribution in [2.45, 2.75) is 13.0 Å². The Kier molecular flexibility index (Phi) is 4.99. The number of carbonyl (C=O) groups is 1. The second kappa shape index (κ2) is 6.73. The number of likely N-dealkylation sites (N-methyl/N-ethyl adjacent to an activating group) is 1. The third-order valence-electron chi connectivity index (χ3n) is 3.29. The highest BCUT2D eigenvalue weighted by Crippen LogP contribution is 2.26. The molecule has 1 aliphatic rings. The molecule has 6 heteroatoms. The summed E-state index contributed by atoms with van der Waals surface area (Å²) in [6.07, 6.45) is 0. The van der Waals surface area contributed by atoms with E-state index in [1.807, 2.05) is 24.0 Å². The van der Waals surface area contributed by atoms with Crippen LogP contribution in [0.25, 0.3) is 0 Å². The number of benzene rings is 1. The Morgan fingerprint density at radius 2 is 2.45 bits per heavy atom. The van der Waals surface area contributed by atoms with Gasteiger partial charge in [-0.25, -0.2) is 0 Å². The molecule has 1 atom stereocenters. The van der Waals surface area contributed by atoms with Crippen molar-refractivity contribution < 1.29 is 4.79 Å². The molecule has 0 saturated carbocycles. The molecule has 1 aromatic rings. The van der Waals surface area contributed by atoms with Crippen molar-refractivity contribution in [1.29, 1.82) is 5.26 Å². The molecule has 0 aromatic heterocycles. The van der Waals surface area contributed by atoms with E-state index in [1.54, 1.807) is 6.07 Å². The Labute approximate surface area is 127 Å². The third kappa shape index (κ3) is 3.11. The molecule has 5 nitrogen and oxygen atoms in total. The molecule has 1 aromatic carbocycles. The molecule has 1 amide bonds. The maximum atomic E-state index is 12.2. The topological polar surface area (TPSA) is 68.2 Å². The number of nitrogens with one attached hydrogen (secondary N) is 2. The van der Waals surface area contributed by atoms with Crippen molar-refractivity contribution >= 4 is 27.5 Å². The van der Waals surface area contributed by atoms with Gasteiger partial charge in [-0.3, -0.25) is 4.79 Å². The maximum Gasteiger partial charge on any atom is 0.244 e. The molecule has 0 aliphatic carbocycles. The van der Waals surface area contributed by atoms with Crippen LogP contribution in [-0.4, -0.2) is 38.1 Å². The first-order valence-corrected chi connectivity index (χ1v) is 7.41. The molecular weight excluding hydrogens is 320 g/mol. The van der Waals surface area contributed by atoms with Crippen LogP contribution in [0.3, 0.4) is 0 Å². The lowest BCUT2D eigenvalue weighted by Crippen LogP contribution is -2.58. The van der Waals surface area contributed by atoms with Gasteiger partial charge in [0.15, 0.2) is 0 Å². The summed E-state index contributed by atoms with van der Waals surface area (Å²) >= 11 is 3.37. The molecule has 20 heavy (non-hydrogen) atoms. The first-order chi connectivity index (χ1) is 9.67. The van der Waals surface area contributed by atoms with Crippen LogP contribution in [0.15, 0.2) is 22.7 Å². The van der Waals surface area contributed by atoms with Crippen LogP contribution in [0, 0.1) is 11.3 Å². The summed E-state index contributed by atoms with van der Waals surface area (Å²) in [5.41, 5.74) is 1.39. The normalized spacial score (nSPS) is 18.4. The van der Waals surface area contributed by atoms with Gasteiger partial charge >= 0.3 is 0 Å². The van der Waals surface area contributed by atoms with Gasteiger partial charge in [0, 0.05) is 30.7 Å². The van der Waals surface area contributed by atoms with Gasteiger partial charge in [-0.1, -0.05) is 15.9 Å². The number of anilines is 1. The largest absolute Gasteiger partial charge is 0.356 e. The van der Waals surface area contributed by atoms with Crippen LogP contribution in [0.1, 0.15) is 12.5 Å². The minimum Gasteiger partial charge on any atom is -0.356 e. The summed E-state index contributed by atoms with van der Waals surface area (Å²) < 4.78 is 0.863. The lowest BCUT2D eigenvalue weighted by molar-refractivity contribution is -0.122. The van der Waals surface area contributed by atoms with Gasteiger partial charge in [-0.05, 0) is 25.1 Å². The smallest absolute Gasteiger partial charge is 0.244 e. The Hall–Kier alpha value is -1.58. The molecule has 2 rings (SSSR count). The van der Waals surface area contributed by atoms with Crippen LogP contribution >= 0.6 is 15.9 Å². The fourth-order valence-corrected chi connectivity index (χ4v) is 2.73. The summed E-state index contributed by atoms with van der Waals surface area (Å²) in [5.74, 6) is -0.00786. The van der Waals surface area contributed by atoms with Crippen molar-refractivity contribution in [1.82, 2.24) is 10.6 Å². The maximum absolute atomic E-state index is 12.2. The standard InChI is InChI=1S/C14H17BrN4O/c1-2-18-14(20)13-9-17-5-6-19(13)12-4-3-11(15)7-10(12)8-16/h3-4,7,13,17H,2,5-6,9H2,1H3,(H,18,20). The summed E-state index contributed by atoms with van der Waals surface area (Å²) in [6.45, 7) is 4.61. The number of piperazine rings is 1. The first-order valence-electron chi connectivity index (χ1n) is 6.62. The third-order valence-corrected chi connectivity index (χ3v) is 3.78. The fourth-order valence-electron chi connectivity index (χ4n) is 2.37. The van der Waals surface area contributed by atoms with Gasteiger partial charge in [-0.2, -0.15) is 5.26 Å². The molecule has 0 bridgehead atoms. The number of halogens is 1. The second-order valence-electron chi connectivity index (χ2n) is 4.58. The molecule has 0 spiro atoms. The summed E-state index contributed by atoms with van der Waals surface area (Å²) in [4.78, 5) is 14.2. The predicted octanol–water partition coefficient (Wildman–Crippen LogP) is 1.24. The number of nitrogens with zero attached hydrogens (tertiary/aromatic N) is 2. The Balaban J connectivity index is 2.33. The lowest BCUT2D eigenvalue weighted by atomic mass is 10.1. The SMILES string of the molecule is CCNC(=O)C1CNCCN1c1ccc(Br)cc1C#N. The van der Waals surface area contributed by atoms with Gasteiger partial charge in [0.2, 0.25) is 5.91 Å². The van der Waals surface area contributed by atoms with Crippen LogP contribution in [0.2, 0.25) is 0 Å². The number of hydrogen-bond acceptors (Lipinski definition) is 4. The van der Waals surface area contributed by atoms with E-state index >= 15 is 0 Å². The van der Waals surface area contributed by atoms with Crippen LogP contribution in [-0.2, 0) is 4.79 Å². The molecule has 1 aliphatic heterocycles. The monoisotopic (exact) mass is 336 g/mol. The van der Waals surface area contributed by atoms with E-state index in [9.17, 15) is 10.1 Å². The molecule has 1 heterocycles. The van der Waals surface area contributed by atoms with Crippen molar-refractivity contribution in [2.24, 2.45) is 0 Å². The van der Waals surface area contributed by atoms with Crippen LogP contribution < -0.4 is 15.5 Å². The average molecular weight is 337 g/mol. The Morgan fingerprint density at radius 1 is 1.65 bits per heavy atom. The Bertz CT molecular complexity index is 540. The van der Waals surface area contributed by atoms with Gasteiger partial charge in [-0.15, -0.1) is 0 Å². The summed E-state index contributed by atoms with van der Waals surface area (Å²) in [5, 5.41) is 15.4. The number of carbonyl (C=O) groups excluding carboxylic acids is 1. The van der Waals surface area contributed by atoms with Crippen molar-refractivity contribution in [3.63, 3.8) is 0 Å². The molecule has 0 radical (unpaired) electrons. The fraction of sp³-hybridized carbons (Fsp3) is 0.429.